The van der Waals surface area contributed by atoms with Gasteiger partial charge in [0.25, 0.3) is 0 Å². The zero-order chi connectivity index (χ0) is 13.2. The quantitative estimate of drug-likeness (QED) is 0.914. The number of nitrogens with two attached hydrogens (primary N) is 1. The molecule has 0 amide bonds. The van der Waals surface area contributed by atoms with E-state index in [-0.39, 0.29) is 0 Å². The summed E-state index contributed by atoms with van der Waals surface area (Å²) in [5, 5.41) is 0. The first-order valence-electron chi connectivity index (χ1n) is 7.14. The molecule has 4 heteroatoms. The highest BCUT2D eigenvalue weighted by Gasteiger charge is 2.27. The average molecular weight is 258 g/mol. The van der Waals surface area contributed by atoms with E-state index in [1.54, 1.807) is 0 Å². The maximum absolute atomic E-state index is 5.95. The molecule has 0 spiro atoms. The van der Waals surface area contributed by atoms with E-state index < -0.39 is 0 Å². The number of hydrogen-bond acceptors (Lipinski definition) is 3. The molecule has 2 N–H and O–H groups in total. The summed E-state index contributed by atoms with van der Waals surface area (Å²) in [6, 6.07) is 6.60. The first kappa shape index (κ1) is 12.6. The summed E-state index contributed by atoms with van der Waals surface area (Å²) in [5.74, 6) is 0.691. The van der Waals surface area contributed by atoms with Crippen molar-refractivity contribution in [3.8, 4) is 0 Å². The normalized spacial score (nSPS) is 24.9. The minimum absolute atomic E-state index is 0.499. The van der Waals surface area contributed by atoms with Crippen LogP contribution in [0.4, 0.5) is 0 Å². The molecular formula is C15H22N4. The van der Waals surface area contributed by atoms with Crippen molar-refractivity contribution >= 4 is 5.65 Å². The highest BCUT2D eigenvalue weighted by atomic mass is 15.2. The van der Waals surface area contributed by atoms with Gasteiger partial charge in [-0.05, 0) is 37.4 Å². The zero-order valence-corrected chi connectivity index (χ0v) is 11.5. The van der Waals surface area contributed by atoms with Crippen LogP contribution < -0.4 is 5.73 Å². The van der Waals surface area contributed by atoms with Crippen LogP contribution in [0, 0.1) is 5.92 Å². The highest BCUT2D eigenvalue weighted by Crippen LogP contribution is 2.24. The third kappa shape index (κ3) is 2.51. The lowest BCUT2D eigenvalue weighted by Gasteiger charge is -2.39. The van der Waals surface area contributed by atoms with Crippen LogP contribution in [-0.4, -0.2) is 33.4 Å². The summed E-state index contributed by atoms with van der Waals surface area (Å²) in [7, 11) is 0. The van der Waals surface area contributed by atoms with Crippen LogP contribution in [0.25, 0.3) is 5.65 Å². The fraction of sp³-hybridized carbons (Fsp3) is 0.533. The van der Waals surface area contributed by atoms with Gasteiger partial charge in [0.1, 0.15) is 5.65 Å². The molecule has 2 aromatic rings. The SMILES string of the molecule is CC1CCCN(Cc2cn3ccccc3n2)C1CN. The van der Waals surface area contributed by atoms with Gasteiger partial charge in [-0.3, -0.25) is 4.90 Å². The molecule has 0 radical (unpaired) electrons. The summed E-state index contributed by atoms with van der Waals surface area (Å²) in [6.45, 7) is 5.11. The highest BCUT2D eigenvalue weighted by molar-refractivity contribution is 5.39. The van der Waals surface area contributed by atoms with Crippen molar-refractivity contribution in [2.75, 3.05) is 13.1 Å². The van der Waals surface area contributed by atoms with Gasteiger partial charge in [-0.15, -0.1) is 0 Å². The summed E-state index contributed by atoms with van der Waals surface area (Å²) < 4.78 is 2.08. The predicted molar refractivity (Wildman–Crippen MR) is 76.8 cm³/mol. The Morgan fingerprint density at radius 1 is 1.42 bits per heavy atom. The van der Waals surface area contributed by atoms with Gasteiger partial charge in [0.05, 0.1) is 5.69 Å². The van der Waals surface area contributed by atoms with Crippen LogP contribution in [0.5, 0.6) is 0 Å². The number of likely N-dealkylation sites (tertiary alicyclic amines) is 1. The molecule has 0 saturated carbocycles. The van der Waals surface area contributed by atoms with Gasteiger partial charge in [-0.1, -0.05) is 13.0 Å². The molecule has 3 rings (SSSR count). The molecule has 1 saturated heterocycles. The van der Waals surface area contributed by atoms with E-state index in [1.807, 2.05) is 24.4 Å². The molecule has 0 aromatic carbocycles. The second kappa shape index (κ2) is 5.31. The van der Waals surface area contributed by atoms with Crippen LogP contribution in [-0.2, 0) is 6.54 Å². The van der Waals surface area contributed by atoms with Crippen molar-refractivity contribution in [2.24, 2.45) is 11.7 Å². The lowest BCUT2D eigenvalue weighted by molar-refractivity contribution is 0.0979. The van der Waals surface area contributed by atoms with E-state index >= 15 is 0 Å². The Labute approximate surface area is 114 Å². The van der Waals surface area contributed by atoms with Crippen molar-refractivity contribution < 1.29 is 0 Å². The Kier molecular flexibility index (Phi) is 3.53. The van der Waals surface area contributed by atoms with Gasteiger partial charge in [0, 0.05) is 31.5 Å². The molecule has 3 heterocycles. The van der Waals surface area contributed by atoms with Crippen molar-refractivity contribution in [1.29, 1.82) is 0 Å². The molecule has 0 aliphatic carbocycles. The van der Waals surface area contributed by atoms with Gasteiger partial charge in [-0.2, -0.15) is 0 Å². The van der Waals surface area contributed by atoms with Crippen LogP contribution in [0.2, 0.25) is 0 Å². The Bertz CT molecular complexity index is 515. The summed E-state index contributed by atoms with van der Waals surface area (Å²) in [4.78, 5) is 7.18. The molecular weight excluding hydrogens is 236 g/mol. The van der Waals surface area contributed by atoms with E-state index in [0.29, 0.717) is 12.0 Å². The molecule has 1 aliphatic rings. The van der Waals surface area contributed by atoms with E-state index in [9.17, 15) is 0 Å². The van der Waals surface area contributed by atoms with Crippen LogP contribution >= 0.6 is 0 Å². The van der Waals surface area contributed by atoms with E-state index in [0.717, 1.165) is 31.0 Å². The van der Waals surface area contributed by atoms with Crippen LogP contribution in [0.1, 0.15) is 25.5 Å². The van der Waals surface area contributed by atoms with Crippen molar-refractivity contribution in [3.63, 3.8) is 0 Å². The molecule has 102 valence electrons. The number of fused-ring (bicyclic) bond motifs is 1. The topological polar surface area (TPSA) is 46.6 Å². The number of imidazole rings is 1. The number of hydrogen-bond donors (Lipinski definition) is 1. The fourth-order valence-electron chi connectivity index (χ4n) is 3.18. The van der Waals surface area contributed by atoms with Gasteiger partial charge in [-0.25, -0.2) is 4.98 Å². The fourth-order valence-corrected chi connectivity index (χ4v) is 3.18. The van der Waals surface area contributed by atoms with E-state index in [4.69, 9.17) is 5.73 Å². The van der Waals surface area contributed by atoms with Gasteiger partial charge >= 0.3 is 0 Å². The monoisotopic (exact) mass is 258 g/mol. The van der Waals surface area contributed by atoms with Crippen molar-refractivity contribution in [2.45, 2.75) is 32.4 Å². The Balaban J connectivity index is 1.79. The minimum Gasteiger partial charge on any atom is -0.329 e. The maximum Gasteiger partial charge on any atom is 0.137 e. The van der Waals surface area contributed by atoms with Crippen molar-refractivity contribution in [3.05, 3.63) is 36.3 Å². The standard InChI is InChI=1S/C15H22N4/c1-12-5-4-8-18(14(12)9-16)10-13-11-19-7-3-2-6-15(19)17-13/h2-3,6-7,11-12,14H,4-5,8-10,16H2,1H3. The van der Waals surface area contributed by atoms with Crippen LogP contribution in [0.3, 0.4) is 0 Å². The Hall–Kier alpha value is -1.39. The molecule has 0 bridgehead atoms. The maximum atomic E-state index is 5.95. The second-order valence-electron chi connectivity index (χ2n) is 5.59. The lowest BCUT2D eigenvalue weighted by atomic mass is 9.91. The molecule has 2 aromatic heterocycles. The summed E-state index contributed by atoms with van der Waals surface area (Å²) >= 11 is 0. The second-order valence-corrected chi connectivity index (χ2v) is 5.59. The minimum atomic E-state index is 0.499. The molecule has 2 atom stereocenters. The van der Waals surface area contributed by atoms with Crippen molar-refractivity contribution in [1.82, 2.24) is 14.3 Å². The molecule has 2 unspecified atom stereocenters. The smallest absolute Gasteiger partial charge is 0.137 e. The first-order chi connectivity index (χ1) is 9.28. The van der Waals surface area contributed by atoms with Crippen LogP contribution in [0.15, 0.2) is 30.6 Å². The number of rotatable bonds is 3. The first-order valence-corrected chi connectivity index (χ1v) is 7.14. The number of piperidine rings is 1. The Morgan fingerprint density at radius 3 is 3.11 bits per heavy atom. The lowest BCUT2D eigenvalue weighted by Crippen LogP contribution is -2.48. The average Bonchev–Trinajstić information content (AvgIpc) is 2.81. The van der Waals surface area contributed by atoms with Gasteiger partial charge in [0.15, 0.2) is 0 Å². The van der Waals surface area contributed by atoms with E-state index in [2.05, 4.69) is 27.4 Å². The largest absolute Gasteiger partial charge is 0.329 e. The van der Waals surface area contributed by atoms with Gasteiger partial charge < -0.3 is 10.1 Å². The molecule has 4 nitrogen and oxygen atoms in total. The zero-order valence-electron chi connectivity index (χ0n) is 11.5. The number of aromatic nitrogens is 2. The summed E-state index contributed by atoms with van der Waals surface area (Å²) in [5.41, 5.74) is 8.10. The molecule has 1 aliphatic heterocycles. The van der Waals surface area contributed by atoms with E-state index in [1.165, 1.54) is 12.8 Å². The number of nitrogens with zero attached hydrogens (tertiary/aromatic N) is 3. The number of pyridine rings is 1. The predicted octanol–water partition coefficient (Wildman–Crippen LogP) is 1.89. The molecule has 19 heavy (non-hydrogen) atoms. The van der Waals surface area contributed by atoms with Gasteiger partial charge in [0.2, 0.25) is 0 Å². The third-order valence-electron chi connectivity index (χ3n) is 4.25. The third-order valence-corrected chi connectivity index (χ3v) is 4.25. The Morgan fingerprint density at radius 2 is 2.32 bits per heavy atom. The molecule has 1 fully saturated rings. The summed E-state index contributed by atoms with van der Waals surface area (Å²) in [6.07, 6.45) is 6.74.